The van der Waals surface area contributed by atoms with Crippen molar-refractivity contribution >= 4 is 5.78 Å². The second kappa shape index (κ2) is 8.89. The van der Waals surface area contributed by atoms with Crippen LogP contribution in [0.5, 0.6) is 0 Å². The molecule has 1 aliphatic carbocycles. The van der Waals surface area contributed by atoms with Crippen LogP contribution in [0.15, 0.2) is 0 Å². The van der Waals surface area contributed by atoms with Crippen molar-refractivity contribution in [3.8, 4) is 0 Å². The molecule has 0 aromatic carbocycles. The van der Waals surface area contributed by atoms with Crippen molar-refractivity contribution in [3.05, 3.63) is 0 Å². The molecule has 1 saturated carbocycles. The average Bonchev–Trinajstić information content (AvgIpc) is 2.49. The van der Waals surface area contributed by atoms with Gasteiger partial charge in [-0.25, -0.2) is 0 Å². The molecular formula is C18H33NO2. The second-order valence-electron chi connectivity index (χ2n) is 6.99. The zero-order valence-electron chi connectivity index (χ0n) is 14.0. The van der Waals surface area contributed by atoms with Gasteiger partial charge in [0.2, 0.25) is 0 Å². The number of carbonyl (C=O) groups excluding carboxylic acids is 1. The van der Waals surface area contributed by atoms with Crippen molar-refractivity contribution in [2.45, 2.75) is 71.3 Å². The summed E-state index contributed by atoms with van der Waals surface area (Å²) in [5, 5.41) is 0. The van der Waals surface area contributed by atoms with Crippen LogP contribution in [0.2, 0.25) is 0 Å². The summed E-state index contributed by atoms with van der Waals surface area (Å²) in [5.41, 5.74) is 0. The van der Waals surface area contributed by atoms with Crippen LogP contribution in [0.1, 0.15) is 65.2 Å². The predicted octanol–water partition coefficient (Wildman–Crippen LogP) is 3.66. The van der Waals surface area contributed by atoms with E-state index in [9.17, 15) is 4.79 Å². The van der Waals surface area contributed by atoms with Gasteiger partial charge in [0, 0.05) is 32.0 Å². The number of piperidine rings is 1. The lowest BCUT2D eigenvalue weighted by molar-refractivity contribution is -0.126. The highest BCUT2D eigenvalue weighted by Crippen LogP contribution is 2.30. The summed E-state index contributed by atoms with van der Waals surface area (Å²) < 4.78 is 5.91. The van der Waals surface area contributed by atoms with E-state index in [2.05, 4.69) is 18.7 Å². The van der Waals surface area contributed by atoms with Crippen molar-refractivity contribution in [1.29, 1.82) is 0 Å². The Bertz CT molecular complexity index is 318. The molecule has 0 radical (unpaired) electrons. The first-order valence-electron chi connectivity index (χ1n) is 9.09. The van der Waals surface area contributed by atoms with Gasteiger partial charge in [0.15, 0.2) is 0 Å². The van der Waals surface area contributed by atoms with Crippen molar-refractivity contribution in [3.63, 3.8) is 0 Å². The molecule has 1 saturated heterocycles. The summed E-state index contributed by atoms with van der Waals surface area (Å²) in [6, 6.07) is 0. The van der Waals surface area contributed by atoms with Gasteiger partial charge in [0.05, 0.1) is 6.10 Å². The average molecular weight is 295 g/mol. The van der Waals surface area contributed by atoms with Crippen molar-refractivity contribution in [2.75, 3.05) is 26.2 Å². The van der Waals surface area contributed by atoms with Gasteiger partial charge in [0.1, 0.15) is 5.78 Å². The van der Waals surface area contributed by atoms with E-state index >= 15 is 0 Å². The monoisotopic (exact) mass is 295 g/mol. The van der Waals surface area contributed by atoms with E-state index in [1.807, 2.05) is 0 Å². The minimum absolute atomic E-state index is 0.292. The summed E-state index contributed by atoms with van der Waals surface area (Å²) in [7, 11) is 0. The normalized spacial score (nSPS) is 31.5. The van der Waals surface area contributed by atoms with E-state index in [4.69, 9.17) is 4.74 Å². The van der Waals surface area contributed by atoms with Gasteiger partial charge >= 0.3 is 0 Å². The van der Waals surface area contributed by atoms with E-state index in [1.54, 1.807) is 0 Å². The lowest BCUT2D eigenvalue weighted by atomic mass is 9.78. The molecule has 122 valence electrons. The fourth-order valence-corrected chi connectivity index (χ4v) is 3.96. The number of hydrogen-bond acceptors (Lipinski definition) is 3. The highest BCUT2D eigenvalue weighted by molar-refractivity contribution is 5.81. The van der Waals surface area contributed by atoms with Crippen LogP contribution in [-0.2, 0) is 9.53 Å². The molecular weight excluding hydrogens is 262 g/mol. The van der Waals surface area contributed by atoms with E-state index in [0.29, 0.717) is 17.8 Å². The number of rotatable bonds is 7. The molecule has 0 aromatic heterocycles. The fourth-order valence-electron chi connectivity index (χ4n) is 3.96. The molecule has 3 unspecified atom stereocenters. The Kier molecular flexibility index (Phi) is 7.18. The van der Waals surface area contributed by atoms with Crippen LogP contribution in [-0.4, -0.2) is 43.0 Å². The number of Topliss-reactive ketones (excluding diaryl/α,β-unsaturated/α-hetero) is 1. The number of likely N-dealkylation sites (tertiary alicyclic amines) is 1. The summed E-state index contributed by atoms with van der Waals surface area (Å²) in [4.78, 5) is 14.7. The molecule has 0 bridgehead atoms. The molecule has 3 atom stereocenters. The van der Waals surface area contributed by atoms with Crippen molar-refractivity contribution < 1.29 is 9.53 Å². The van der Waals surface area contributed by atoms with Crippen molar-refractivity contribution in [1.82, 2.24) is 4.90 Å². The highest BCUT2D eigenvalue weighted by atomic mass is 16.5. The molecule has 3 nitrogen and oxygen atoms in total. The van der Waals surface area contributed by atoms with E-state index in [-0.39, 0.29) is 0 Å². The Labute approximate surface area is 130 Å². The molecule has 2 rings (SSSR count). The summed E-state index contributed by atoms with van der Waals surface area (Å²) in [6.07, 6.45) is 9.52. The molecule has 21 heavy (non-hydrogen) atoms. The summed E-state index contributed by atoms with van der Waals surface area (Å²) in [5.74, 6) is 1.59. The topological polar surface area (TPSA) is 29.5 Å². The van der Waals surface area contributed by atoms with Crippen LogP contribution < -0.4 is 0 Å². The maximum absolute atomic E-state index is 12.2. The number of carbonyl (C=O) groups is 1. The third-order valence-electron chi connectivity index (χ3n) is 5.07. The quantitative estimate of drug-likeness (QED) is 0.718. The maximum Gasteiger partial charge on any atom is 0.137 e. The maximum atomic E-state index is 12.2. The minimum atomic E-state index is 0.292. The number of ketones is 1. The largest absolute Gasteiger partial charge is 0.377 e. The van der Waals surface area contributed by atoms with E-state index in [0.717, 1.165) is 57.8 Å². The Morgan fingerprint density at radius 1 is 1.24 bits per heavy atom. The predicted molar refractivity (Wildman–Crippen MR) is 86.5 cm³/mol. The molecule has 1 aliphatic heterocycles. The molecule has 0 spiro atoms. The fraction of sp³-hybridized carbons (Fsp3) is 0.944. The van der Waals surface area contributed by atoms with E-state index < -0.39 is 0 Å². The van der Waals surface area contributed by atoms with Gasteiger partial charge < -0.3 is 9.64 Å². The van der Waals surface area contributed by atoms with Crippen LogP contribution in [0.25, 0.3) is 0 Å². The van der Waals surface area contributed by atoms with Gasteiger partial charge in [-0.3, -0.25) is 4.79 Å². The van der Waals surface area contributed by atoms with Gasteiger partial charge in [-0.05, 0) is 44.6 Å². The molecule has 0 aromatic rings. The third-order valence-corrected chi connectivity index (χ3v) is 5.07. The first kappa shape index (κ1) is 17.0. The van der Waals surface area contributed by atoms with Crippen LogP contribution >= 0.6 is 0 Å². The highest BCUT2D eigenvalue weighted by Gasteiger charge is 2.31. The number of hydrogen-bond donors (Lipinski definition) is 0. The SMILES string of the molecule is CCCOC1CCCN(CC2CC(CCC)CCC2=O)C1. The second-order valence-corrected chi connectivity index (χ2v) is 6.99. The number of ether oxygens (including phenoxy) is 1. The Morgan fingerprint density at radius 3 is 2.86 bits per heavy atom. The Hall–Kier alpha value is -0.410. The zero-order chi connectivity index (χ0) is 15.1. The smallest absolute Gasteiger partial charge is 0.137 e. The Morgan fingerprint density at radius 2 is 2.10 bits per heavy atom. The first-order chi connectivity index (χ1) is 10.2. The standard InChI is InChI=1S/C18H33NO2/c1-3-6-15-8-9-18(20)16(12-15)13-19-10-5-7-17(14-19)21-11-4-2/h15-17H,3-14H2,1-2H3. The van der Waals surface area contributed by atoms with Gasteiger partial charge in [-0.15, -0.1) is 0 Å². The number of nitrogens with zero attached hydrogens (tertiary/aromatic N) is 1. The van der Waals surface area contributed by atoms with Gasteiger partial charge in [-0.1, -0.05) is 26.7 Å². The minimum Gasteiger partial charge on any atom is -0.377 e. The molecule has 1 heterocycles. The lowest BCUT2D eigenvalue weighted by Crippen LogP contribution is -2.44. The molecule has 2 fully saturated rings. The lowest BCUT2D eigenvalue weighted by Gasteiger charge is -2.36. The Balaban J connectivity index is 1.80. The van der Waals surface area contributed by atoms with Crippen LogP contribution in [0, 0.1) is 11.8 Å². The van der Waals surface area contributed by atoms with Crippen molar-refractivity contribution in [2.24, 2.45) is 11.8 Å². The zero-order valence-corrected chi connectivity index (χ0v) is 14.0. The summed E-state index contributed by atoms with van der Waals surface area (Å²) in [6.45, 7) is 8.45. The first-order valence-corrected chi connectivity index (χ1v) is 9.09. The van der Waals surface area contributed by atoms with Crippen LogP contribution in [0.4, 0.5) is 0 Å². The molecule has 0 N–H and O–H groups in total. The third kappa shape index (κ3) is 5.37. The van der Waals surface area contributed by atoms with Gasteiger partial charge in [-0.2, -0.15) is 0 Å². The van der Waals surface area contributed by atoms with E-state index in [1.165, 1.54) is 25.7 Å². The summed E-state index contributed by atoms with van der Waals surface area (Å²) >= 11 is 0. The molecule has 0 amide bonds. The van der Waals surface area contributed by atoms with Crippen LogP contribution in [0.3, 0.4) is 0 Å². The van der Waals surface area contributed by atoms with Gasteiger partial charge in [0.25, 0.3) is 0 Å². The molecule has 2 aliphatic rings. The molecule has 3 heteroatoms.